The van der Waals surface area contributed by atoms with Crippen molar-refractivity contribution in [3.63, 3.8) is 0 Å². The normalized spacial score (nSPS) is 29.5. The molecule has 2 fully saturated rings. The molecule has 94 valence electrons. The van der Waals surface area contributed by atoms with Crippen LogP contribution in [0.3, 0.4) is 0 Å². The fourth-order valence-corrected chi connectivity index (χ4v) is 3.42. The van der Waals surface area contributed by atoms with Crippen LogP contribution in [0.5, 0.6) is 0 Å². The van der Waals surface area contributed by atoms with Crippen LogP contribution < -0.4 is 0 Å². The van der Waals surface area contributed by atoms with E-state index in [-0.39, 0.29) is 0 Å². The quantitative estimate of drug-likeness (QED) is 0.737. The molecule has 0 spiro atoms. The summed E-state index contributed by atoms with van der Waals surface area (Å²) in [7, 11) is 0. The maximum Gasteiger partial charge on any atom is 0.144 e. The number of rotatable bonds is 3. The fourth-order valence-electron chi connectivity index (χ4n) is 3.15. The lowest BCUT2D eigenvalue weighted by Gasteiger charge is -2.27. The summed E-state index contributed by atoms with van der Waals surface area (Å²) in [5, 5.41) is 4.36. The predicted octanol–water partition coefficient (Wildman–Crippen LogP) is 4.58. The number of hydrogen-bond donors (Lipinski definition) is 0. The van der Waals surface area contributed by atoms with Crippen LogP contribution in [0.25, 0.3) is 0 Å². The summed E-state index contributed by atoms with van der Waals surface area (Å²) in [4.78, 5) is 0. The number of nitrogens with zero attached hydrogens (tertiary/aromatic N) is 1. The summed E-state index contributed by atoms with van der Waals surface area (Å²) in [6, 6.07) is 0. The molecule has 0 radical (unpaired) electrons. The van der Waals surface area contributed by atoms with Crippen LogP contribution in [0, 0.1) is 5.92 Å². The lowest BCUT2D eigenvalue weighted by molar-refractivity contribution is 0.306. The highest BCUT2D eigenvalue weighted by Gasteiger charge is 2.35. The van der Waals surface area contributed by atoms with E-state index in [1.807, 2.05) is 0 Å². The first-order valence-electron chi connectivity index (χ1n) is 6.85. The largest absolute Gasteiger partial charge is 0.360 e. The van der Waals surface area contributed by atoms with Gasteiger partial charge < -0.3 is 4.52 Å². The standard InChI is InChI=1S/C14H20ClNO/c1-9-4-2-3-5-11(9)13-12(8-15)14(17-16-13)10-6-7-10/h9-11H,2-8H2,1H3. The zero-order chi connectivity index (χ0) is 11.8. The summed E-state index contributed by atoms with van der Waals surface area (Å²) in [5.41, 5.74) is 2.39. The molecule has 0 aliphatic heterocycles. The van der Waals surface area contributed by atoms with Gasteiger partial charge in [0, 0.05) is 17.4 Å². The van der Waals surface area contributed by atoms with Crippen molar-refractivity contribution in [1.29, 1.82) is 0 Å². The van der Waals surface area contributed by atoms with Gasteiger partial charge in [0.15, 0.2) is 0 Å². The summed E-state index contributed by atoms with van der Waals surface area (Å²) >= 11 is 6.12. The first-order valence-corrected chi connectivity index (χ1v) is 7.39. The smallest absolute Gasteiger partial charge is 0.144 e. The second-order valence-electron chi connectivity index (χ2n) is 5.69. The third kappa shape index (κ3) is 2.12. The Balaban J connectivity index is 1.90. The highest BCUT2D eigenvalue weighted by molar-refractivity contribution is 6.17. The monoisotopic (exact) mass is 253 g/mol. The molecule has 0 amide bonds. The molecule has 1 heterocycles. The van der Waals surface area contributed by atoms with Gasteiger partial charge in [-0.2, -0.15) is 0 Å². The third-order valence-corrected chi connectivity index (χ3v) is 4.66. The van der Waals surface area contributed by atoms with Gasteiger partial charge in [-0.1, -0.05) is 31.3 Å². The number of alkyl halides is 1. The molecule has 2 saturated carbocycles. The van der Waals surface area contributed by atoms with Crippen LogP contribution in [0.2, 0.25) is 0 Å². The molecule has 0 aromatic carbocycles. The minimum Gasteiger partial charge on any atom is -0.360 e. The van der Waals surface area contributed by atoms with Crippen molar-refractivity contribution >= 4 is 11.6 Å². The average Bonchev–Trinajstić information content (AvgIpc) is 3.10. The lowest BCUT2D eigenvalue weighted by Crippen LogP contribution is -2.16. The molecule has 17 heavy (non-hydrogen) atoms. The Hall–Kier alpha value is -0.500. The van der Waals surface area contributed by atoms with Gasteiger partial charge in [0.05, 0.1) is 11.6 Å². The van der Waals surface area contributed by atoms with Crippen LogP contribution in [0.15, 0.2) is 4.52 Å². The van der Waals surface area contributed by atoms with Crippen molar-refractivity contribution in [2.45, 2.75) is 63.2 Å². The number of hydrogen-bond acceptors (Lipinski definition) is 2. The molecule has 2 aliphatic carbocycles. The van der Waals surface area contributed by atoms with Crippen molar-refractivity contribution in [2.24, 2.45) is 5.92 Å². The first kappa shape index (κ1) is 11.6. The predicted molar refractivity (Wildman–Crippen MR) is 68.4 cm³/mol. The maximum absolute atomic E-state index is 6.12. The highest BCUT2D eigenvalue weighted by atomic mass is 35.5. The zero-order valence-electron chi connectivity index (χ0n) is 10.4. The second-order valence-corrected chi connectivity index (χ2v) is 5.95. The SMILES string of the molecule is CC1CCCCC1c1noc(C2CC2)c1CCl. The van der Waals surface area contributed by atoms with Gasteiger partial charge in [-0.25, -0.2) is 0 Å². The van der Waals surface area contributed by atoms with Gasteiger partial charge in [0.25, 0.3) is 0 Å². The van der Waals surface area contributed by atoms with Crippen LogP contribution in [0.1, 0.15) is 74.3 Å². The Kier molecular flexibility index (Phi) is 3.16. The minimum absolute atomic E-state index is 0.563. The van der Waals surface area contributed by atoms with E-state index in [0.29, 0.717) is 17.7 Å². The molecule has 0 saturated heterocycles. The van der Waals surface area contributed by atoms with E-state index < -0.39 is 0 Å². The first-order chi connectivity index (χ1) is 8.31. The van der Waals surface area contributed by atoms with Crippen LogP contribution in [-0.4, -0.2) is 5.16 Å². The Bertz CT molecular complexity index is 397. The van der Waals surface area contributed by atoms with E-state index in [1.54, 1.807) is 0 Å². The third-order valence-electron chi connectivity index (χ3n) is 4.39. The molecular formula is C14H20ClNO. The van der Waals surface area contributed by atoms with Gasteiger partial charge >= 0.3 is 0 Å². The Labute approximate surface area is 108 Å². The van der Waals surface area contributed by atoms with Crippen LogP contribution in [-0.2, 0) is 5.88 Å². The Morgan fingerprint density at radius 3 is 2.65 bits per heavy atom. The molecule has 2 nitrogen and oxygen atoms in total. The Morgan fingerprint density at radius 1 is 1.24 bits per heavy atom. The van der Waals surface area contributed by atoms with Crippen molar-refractivity contribution in [3.05, 3.63) is 17.0 Å². The average molecular weight is 254 g/mol. The summed E-state index contributed by atoms with van der Waals surface area (Å²) in [5.74, 6) is 3.57. The molecule has 1 aromatic heterocycles. The molecule has 2 atom stereocenters. The van der Waals surface area contributed by atoms with Gasteiger partial charge in [-0.15, -0.1) is 11.6 Å². The van der Waals surface area contributed by atoms with E-state index in [4.69, 9.17) is 16.1 Å². The molecule has 2 unspecified atom stereocenters. The van der Waals surface area contributed by atoms with E-state index in [2.05, 4.69) is 12.1 Å². The molecule has 2 aliphatic rings. The number of halogens is 1. The molecule has 3 rings (SSSR count). The summed E-state index contributed by atoms with van der Waals surface area (Å²) < 4.78 is 5.58. The molecule has 3 heteroatoms. The van der Waals surface area contributed by atoms with Crippen molar-refractivity contribution in [3.8, 4) is 0 Å². The van der Waals surface area contributed by atoms with Crippen LogP contribution in [0.4, 0.5) is 0 Å². The summed E-state index contributed by atoms with van der Waals surface area (Å²) in [6.45, 7) is 2.34. The second kappa shape index (κ2) is 4.64. The van der Waals surface area contributed by atoms with E-state index in [1.165, 1.54) is 49.8 Å². The maximum atomic E-state index is 6.12. The van der Waals surface area contributed by atoms with E-state index in [0.717, 1.165) is 11.7 Å². The van der Waals surface area contributed by atoms with Gasteiger partial charge in [0.1, 0.15) is 5.76 Å². The van der Waals surface area contributed by atoms with E-state index >= 15 is 0 Å². The number of aromatic nitrogens is 1. The van der Waals surface area contributed by atoms with Crippen molar-refractivity contribution in [2.75, 3.05) is 0 Å². The molecule has 0 bridgehead atoms. The Morgan fingerprint density at radius 2 is 2.00 bits per heavy atom. The van der Waals surface area contributed by atoms with Gasteiger partial charge in [-0.3, -0.25) is 0 Å². The van der Waals surface area contributed by atoms with Gasteiger partial charge in [-0.05, 0) is 25.2 Å². The van der Waals surface area contributed by atoms with Crippen molar-refractivity contribution < 1.29 is 4.52 Å². The van der Waals surface area contributed by atoms with Crippen molar-refractivity contribution in [1.82, 2.24) is 5.16 Å². The molecule has 0 N–H and O–H groups in total. The highest BCUT2D eigenvalue weighted by Crippen LogP contribution is 2.46. The topological polar surface area (TPSA) is 26.0 Å². The fraction of sp³-hybridized carbons (Fsp3) is 0.786. The summed E-state index contributed by atoms with van der Waals surface area (Å²) in [6.07, 6.45) is 7.75. The molecule has 1 aromatic rings. The van der Waals surface area contributed by atoms with Crippen LogP contribution >= 0.6 is 11.6 Å². The molecular weight excluding hydrogens is 234 g/mol. The van der Waals surface area contributed by atoms with Gasteiger partial charge in [0.2, 0.25) is 0 Å². The minimum atomic E-state index is 0.563. The zero-order valence-corrected chi connectivity index (χ0v) is 11.2. The van der Waals surface area contributed by atoms with E-state index in [9.17, 15) is 0 Å². The lowest BCUT2D eigenvalue weighted by atomic mass is 9.77.